The summed E-state index contributed by atoms with van der Waals surface area (Å²) in [6.45, 7) is 8.08. The molecule has 3 heterocycles. The lowest BCUT2D eigenvalue weighted by Crippen LogP contribution is -2.51. The molecule has 2 atom stereocenters. The Morgan fingerprint density at radius 1 is 1.43 bits per heavy atom. The average Bonchev–Trinajstić information content (AvgIpc) is 3.00. The molecule has 0 spiro atoms. The zero-order valence-corrected chi connectivity index (χ0v) is 15.0. The van der Waals surface area contributed by atoms with Gasteiger partial charge in [-0.1, -0.05) is 20.3 Å². The average molecular weight is 336 g/mol. The lowest BCUT2D eigenvalue weighted by atomic mass is 9.92. The summed E-state index contributed by atoms with van der Waals surface area (Å²) >= 11 is 6.12. The van der Waals surface area contributed by atoms with Crippen molar-refractivity contribution < 1.29 is 0 Å². The Morgan fingerprint density at radius 2 is 2.26 bits per heavy atom. The summed E-state index contributed by atoms with van der Waals surface area (Å²) in [5.74, 6) is 1.57. The number of likely N-dealkylation sites (N-methyl/N-ethyl adjacent to an activating group) is 1. The Hall–Kier alpha value is -1.33. The molecule has 0 bridgehead atoms. The molecular formula is C17H26ClN5. The van der Waals surface area contributed by atoms with Crippen LogP contribution in [0.4, 0.5) is 5.82 Å². The predicted octanol–water partition coefficient (Wildman–Crippen LogP) is 3.56. The molecule has 0 radical (unpaired) electrons. The van der Waals surface area contributed by atoms with Crippen LogP contribution < -0.4 is 4.90 Å². The quantitative estimate of drug-likeness (QED) is 0.849. The number of hydrogen-bond donors (Lipinski definition) is 1. The number of piperidine rings is 1. The maximum Gasteiger partial charge on any atom is 0.226 e. The normalized spacial score (nSPS) is 22.6. The summed E-state index contributed by atoms with van der Waals surface area (Å²) < 4.78 is 0. The first-order chi connectivity index (χ1) is 11.1. The molecule has 0 aliphatic carbocycles. The lowest BCUT2D eigenvalue weighted by molar-refractivity contribution is 0.164. The summed E-state index contributed by atoms with van der Waals surface area (Å²) in [6, 6.07) is 2.48. The molecule has 126 valence electrons. The van der Waals surface area contributed by atoms with E-state index in [1.807, 2.05) is 12.3 Å². The van der Waals surface area contributed by atoms with Crippen molar-refractivity contribution in [1.82, 2.24) is 19.9 Å². The molecule has 1 saturated heterocycles. The maximum absolute atomic E-state index is 6.12. The third-order valence-corrected chi connectivity index (χ3v) is 5.20. The topological polar surface area (TPSA) is 48.1 Å². The van der Waals surface area contributed by atoms with Gasteiger partial charge in [0.2, 0.25) is 5.28 Å². The van der Waals surface area contributed by atoms with Gasteiger partial charge < -0.3 is 14.8 Å². The highest BCUT2D eigenvalue weighted by Crippen LogP contribution is 2.30. The fourth-order valence-electron chi connectivity index (χ4n) is 3.53. The fourth-order valence-corrected chi connectivity index (χ4v) is 3.69. The molecule has 1 aliphatic heterocycles. The number of likely N-dealkylation sites (tertiary alicyclic amines) is 1. The van der Waals surface area contributed by atoms with Gasteiger partial charge in [-0.25, -0.2) is 0 Å². The number of hydrogen-bond acceptors (Lipinski definition) is 4. The minimum atomic E-state index is 0.299. The van der Waals surface area contributed by atoms with Crippen molar-refractivity contribution in [3.63, 3.8) is 0 Å². The van der Waals surface area contributed by atoms with Gasteiger partial charge in [0.15, 0.2) is 0 Å². The molecule has 0 aromatic carbocycles. The van der Waals surface area contributed by atoms with Gasteiger partial charge in [-0.3, -0.25) is 0 Å². The Labute approximate surface area is 143 Å². The number of aromatic nitrogens is 3. The summed E-state index contributed by atoms with van der Waals surface area (Å²) in [5.41, 5.74) is 0.804. The molecule has 3 rings (SSSR count). The number of aromatic amines is 1. The van der Waals surface area contributed by atoms with Gasteiger partial charge in [-0.15, -0.1) is 0 Å². The monoisotopic (exact) mass is 335 g/mol. The zero-order chi connectivity index (χ0) is 16.4. The van der Waals surface area contributed by atoms with Crippen LogP contribution in [0.15, 0.2) is 12.3 Å². The van der Waals surface area contributed by atoms with E-state index in [4.69, 9.17) is 11.6 Å². The lowest BCUT2D eigenvalue weighted by Gasteiger charge is -2.42. The molecule has 5 nitrogen and oxygen atoms in total. The molecule has 0 amide bonds. The van der Waals surface area contributed by atoms with E-state index in [1.54, 1.807) is 0 Å². The predicted molar refractivity (Wildman–Crippen MR) is 96.2 cm³/mol. The van der Waals surface area contributed by atoms with Crippen LogP contribution in [-0.4, -0.2) is 52.6 Å². The third kappa shape index (κ3) is 3.45. The van der Waals surface area contributed by atoms with E-state index in [0.29, 0.717) is 17.2 Å². The van der Waals surface area contributed by atoms with Gasteiger partial charge in [0.25, 0.3) is 0 Å². The fraction of sp³-hybridized carbons (Fsp3) is 0.647. The van der Waals surface area contributed by atoms with Gasteiger partial charge in [0.1, 0.15) is 11.5 Å². The highest BCUT2D eigenvalue weighted by Gasteiger charge is 2.30. The molecule has 6 heteroatoms. The van der Waals surface area contributed by atoms with Crippen molar-refractivity contribution >= 4 is 28.5 Å². The number of unbranched alkanes of at least 4 members (excludes halogenated alkanes) is 1. The Kier molecular flexibility index (Phi) is 5.07. The van der Waals surface area contributed by atoms with Crippen LogP contribution in [0.1, 0.15) is 33.1 Å². The highest BCUT2D eigenvalue weighted by atomic mass is 35.5. The first-order valence-electron chi connectivity index (χ1n) is 8.56. The van der Waals surface area contributed by atoms with E-state index in [0.717, 1.165) is 23.4 Å². The van der Waals surface area contributed by atoms with Crippen molar-refractivity contribution in [2.45, 2.75) is 39.2 Å². The molecule has 23 heavy (non-hydrogen) atoms. The van der Waals surface area contributed by atoms with Gasteiger partial charge >= 0.3 is 0 Å². The van der Waals surface area contributed by atoms with E-state index in [1.165, 1.54) is 32.4 Å². The smallest absolute Gasteiger partial charge is 0.226 e. The van der Waals surface area contributed by atoms with Crippen LogP contribution in [0.3, 0.4) is 0 Å². The summed E-state index contributed by atoms with van der Waals surface area (Å²) in [5, 5.41) is 1.34. The van der Waals surface area contributed by atoms with E-state index in [9.17, 15) is 0 Å². The number of nitrogens with zero attached hydrogens (tertiary/aromatic N) is 4. The van der Waals surface area contributed by atoms with Crippen LogP contribution in [-0.2, 0) is 0 Å². The van der Waals surface area contributed by atoms with E-state index < -0.39 is 0 Å². The highest BCUT2D eigenvalue weighted by molar-refractivity contribution is 6.28. The van der Waals surface area contributed by atoms with Gasteiger partial charge in [0, 0.05) is 25.8 Å². The second-order valence-corrected chi connectivity index (χ2v) is 6.99. The molecule has 1 N–H and O–H groups in total. The molecular weight excluding hydrogens is 310 g/mol. The minimum Gasteiger partial charge on any atom is -0.354 e. The van der Waals surface area contributed by atoms with E-state index >= 15 is 0 Å². The largest absolute Gasteiger partial charge is 0.354 e. The molecule has 2 aromatic heterocycles. The van der Waals surface area contributed by atoms with Crippen molar-refractivity contribution in [2.24, 2.45) is 5.92 Å². The SMILES string of the molecule is CCCCN1CC[C@@H](C)[C@@H](N(C)c2nc(Cl)nc3[nH]ccc23)C1. The summed E-state index contributed by atoms with van der Waals surface area (Å²) in [6.07, 6.45) is 5.64. The van der Waals surface area contributed by atoms with Crippen LogP contribution in [0, 0.1) is 5.92 Å². The van der Waals surface area contributed by atoms with Crippen molar-refractivity contribution in [3.05, 3.63) is 17.5 Å². The van der Waals surface area contributed by atoms with Crippen LogP contribution in [0.5, 0.6) is 0 Å². The van der Waals surface area contributed by atoms with Gasteiger partial charge in [0.05, 0.1) is 5.39 Å². The van der Waals surface area contributed by atoms with Crippen LogP contribution >= 0.6 is 11.6 Å². The molecule has 1 fully saturated rings. The second kappa shape index (κ2) is 7.05. The number of H-pyrrole nitrogens is 1. The standard InChI is InChI=1S/C17H26ClN5/c1-4-5-9-23-10-7-12(2)14(11-23)22(3)16-13-6-8-19-15(13)20-17(18)21-16/h6,8,12,14H,4-5,7,9-11H2,1-3H3,(H,19,20,21)/t12-,14+/m1/s1. The van der Waals surface area contributed by atoms with E-state index in [2.05, 4.69) is 45.6 Å². The minimum absolute atomic E-state index is 0.299. The number of nitrogens with one attached hydrogen (secondary N) is 1. The Bertz CT molecular complexity index is 653. The molecule has 0 saturated carbocycles. The van der Waals surface area contributed by atoms with Crippen LogP contribution in [0.2, 0.25) is 5.28 Å². The molecule has 1 aliphatic rings. The third-order valence-electron chi connectivity index (χ3n) is 5.03. The zero-order valence-electron chi connectivity index (χ0n) is 14.2. The number of rotatable bonds is 5. The Balaban J connectivity index is 1.84. The number of halogens is 1. The first-order valence-corrected chi connectivity index (χ1v) is 8.93. The number of fused-ring (bicyclic) bond motifs is 1. The maximum atomic E-state index is 6.12. The van der Waals surface area contributed by atoms with Gasteiger partial charge in [-0.2, -0.15) is 9.97 Å². The first kappa shape index (κ1) is 16.5. The van der Waals surface area contributed by atoms with Crippen molar-refractivity contribution in [3.8, 4) is 0 Å². The molecule has 0 unspecified atom stereocenters. The summed E-state index contributed by atoms with van der Waals surface area (Å²) in [7, 11) is 2.13. The molecule has 2 aromatic rings. The van der Waals surface area contributed by atoms with Gasteiger partial charge in [-0.05, 0) is 49.5 Å². The van der Waals surface area contributed by atoms with E-state index in [-0.39, 0.29) is 0 Å². The Morgan fingerprint density at radius 3 is 3.04 bits per heavy atom. The van der Waals surface area contributed by atoms with Crippen LogP contribution in [0.25, 0.3) is 11.0 Å². The number of anilines is 1. The van der Waals surface area contributed by atoms with Crippen molar-refractivity contribution in [1.29, 1.82) is 0 Å². The van der Waals surface area contributed by atoms with Crippen molar-refractivity contribution in [2.75, 3.05) is 31.6 Å². The summed E-state index contributed by atoms with van der Waals surface area (Å²) in [4.78, 5) is 16.8. The second-order valence-electron chi connectivity index (χ2n) is 6.65.